The number of nitrogens with zero attached hydrogens (tertiary/aromatic N) is 1. The first kappa shape index (κ1) is 14.4. The summed E-state index contributed by atoms with van der Waals surface area (Å²) >= 11 is 0. The van der Waals surface area contributed by atoms with Crippen molar-refractivity contribution < 1.29 is 4.79 Å². The van der Waals surface area contributed by atoms with E-state index in [-0.39, 0.29) is 28.1 Å². The van der Waals surface area contributed by atoms with E-state index in [4.69, 9.17) is 0 Å². The summed E-state index contributed by atoms with van der Waals surface area (Å²) in [6.07, 6.45) is 5.24. The molecule has 2 rings (SSSR count). The van der Waals surface area contributed by atoms with Gasteiger partial charge in [-0.25, -0.2) is 0 Å². The molecule has 2 heterocycles. The van der Waals surface area contributed by atoms with Crippen molar-refractivity contribution in [2.45, 2.75) is 53.5 Å². The maximum absolute atomic E-state index is 12.7. The molecule has 1 fully saturated rings. The van der Waals surface area contributed by atoms with Gasteiger partial charge >= 0.3 is 0 Å². The lowest BCUT2D eigenvalue weighted by molar-refractivity contribution is -0.124. The molecule has 19 heavy (non-hydrogen) atoms. The van der Waals surface area contributed by atoms with E-state index in [0.29, 0.717) is 0 Å². The molecule has 2 heteroatoms. The van der Waals surface area contributed by atoms with Gasteiger partial charge in [0.1, 0.15) is 0 Å². The molecule has 2 aliphatic rings. The monoisotopic (exact) mass is 261 g/mol. The Labute approximate surface area is 117 Å². The van der Waals surface area contributed by atoms with Crippen molar-refractivity contribution in [3.05, 3.63) is 24.4 Å². The van der Waals surface area contributed by atoms with Gasteiger partial charge in [0.25, 0.3) is 0 Å². The highest BCUT2D eigenvalue weighted by molar-refractivity contribution is 5.99. The van der Waals surface area contributed by atoms with Gasteiger partial charge in [0, 0.05) is 23.4 Å². The predicted octanol–water partition coefficient (Wildman–Crippen LogP) is 3.79. The van der Waals surface area contributed by atoms with E-state index in [1.165, 1.54) is 0 Å². The molecule has 0 amide bonds. The summed E-state index contributed by atoms with van der Waals surface area (Å²) in [7, 11) is 0. The third-order valence-electron chi connectivity index (χ3n) is 4.55. The molecule has 2 aliphatic heterocycles. The van der Waals surface area contributed by atoms with Crippen LogP contribution >= 0.6 is 0 Å². The fourth-order valence-electron chi connectivity index (χ4n) is 3.73. The normalized spacial score (nSPS) is 33.1. The molecule has 0 saturated carbocycles. The van der Waals surface area contributed by atoms with Gasteiger partial charge in [-0.05, 0) is 24.8 Å². The minimum absolute atomic E-state index is 0.0293. The third kappa shape index (κ3) is 2.15. The van der Waals surface area contributed by atoms with E-state index < -0.39 is 0 Å². The molecule has 0 aliphatic carbocycles. The maximum atomic E-state index is 12.7. The Morgan fingerprint density at radius 3 is 2.47 bits per heavy atom. The molecule has 0 aromatic carbocycles. The molecular weight excluding hydrogens is 234 g/mol. The lowest BCUT2D eigenvalue weighted by Crippen LogP contribution is -2.42. The summed E-state index contributed by atoms with van der Waals surface area (Å²) in [4.78, 5) is 15.0. The number of carbonyl (C=O) groups excluding carboxylic acids is 1. The first-order valence-corrected chi connectivity index (χ1v) is 7.18. The quantitative estimate of drug-likeness (QED) is 0.705. The van der Waals surface area contributed by atoms with Gasteiger partial charge in [0.15, 0.2) is 5.78 Å². The SMILES string of the molecule is C=CC1C=C(C(=O)C(C)(C)C)N2CC(C)(C)CC12C. The van der Waals surface area contributed by atoms with E-state index in [2.05, 4.69) is 38.3 Å². The number of rotatable bonds is 2. The average Bonchev–Trinajstić information content (AvgIpc) is 2.62. The van der Waals surface area contributed by atoms with Crippen molar-refractivity contribution in [2.24, 2.45) is 16.7 Å². The number of ketones is 1. The zero-order chi connectivity index (χ0) is 14.6. The minimum Gasteiger partial charge on any atom is -0.362 e. The van der Waals surface area contributed by atoms with E-state index >= 15 is 0 Å². The first-order valence-electron chi connectivity index (χ1n) is 7.18. The van der Waals surface area contributed by atoms with Crippen molar-refractivity contribution in [1.29, 1.82) is 0 Å². The lowest BCUT2D eigenvalue weighted by atomic mass is 9.78. The fourth-order valence-corrected chi connectivity index (χ4v) is 3.73. The number of allylic oxidation sites excluding steroid dienone is 1. The van der Waals surface area contributed by atoms with Gasteiger partial charge in [-0.15, -0.1) is 6.58 Å². The molecule has 2 unspecified atom stereocenters. The second kappa shape index (κ2) is 3.97. The zero-order valence-electron chi connectivity index (χ0n) is 13.2. The molecule has 106 valence electrons. The van der Waals surface area contributed by atoms with Crippen LogP contribution in [0, 0.1) is 16.7 Å². The van der Waals surface area contributed by atoms with Crippen LogP contribution in [-0.4, -0.2) is 22.8 Å². The highest BCUT2D eigenvalue weighted by Crippen LogP contribution is 2.52. The van der Waals surface area contributed by atoms with Gasteiger partial charge in [0.2, 0.25) is 0 Å². The molecule has 0 spiro atoms. The Hall–Kier alpha value is -1.05. The largest absolute Gasteiger partial charge is 0.362 e. The third-order valence-corrected chi connectivity index (χ3v) is 4.55. The van der Waals surface area contributed by atoms with Crippen LogP contribution in [0.5, 0.6) is 0 Å². The number of fused-ring (bicyclic) bond motifs is 1. The molecule has 1 saturated heterocycles. The van der Waals surface area contributed by atoms with E-state index in [9.17, 15) is 4.79 Å². The molecule has 0 N–H and O–H groups in total. The number of hydrogen-bond donors (Lipinski definition) is 0. The van der Waals surface area contributed by atoms with Gasteiger partial charge in [0.05, 0.1) is 5.70 Å². The van der Waals surface area contributed by atoms with Crippen LogP contribution in [0.1, 0.15) is 48.0 Å². The summed E-state index contributed by atoms with van der Waals surface area (Å²) < 4.78 is 0. The summed E-state index contributed by atoms with van der Waals surface area (Å²) in [5.41, 5.74) is 0.871. The Balaban J connectivity index is 2.42. The maximum Gasteiger partial charge on any atom is 0.183 e. The van der Waals surface area contributed by atoms with Crippen molar-refractivity contribution >= 4 is 5.78 Å². The van der Waals surface area contributed by atoms with Gasteiger partial charge in [-0.1, -0.05) is 40.7 Å². The van der Waals surface area contributed by atoms with Gasteiger partial charge < -0.3 is 4.90 Å². The first-order chi connectivity index (χ1) is 8.51. The molecule has 0 bridgehead atoms. The minimum atomic E-state index is -0.324. The van der Waals surface area contributed by atoms with Crippen molar-refractivity contribution in [2.75, 3.05) is 6.54 Å². The summed E-state index contributed by atoms with van der Waals surface area (Å²) in [5, 5.41) is 0. The highest BCUT2D eigenvalue weighted by atomic mass is 16.1. The smallest absolute Gasteiger partial charge is 0.183 e. The van der Waals surface area contributed by atoms with Crippen LogP contribution in [0.2, 0.25) is 0 Å². The topological polar surface area (TPSA) is 20.3 Å². The molecule has 2 nitrogen and oxygen atoms in total. The molecule has 0 aromatic heterocycles. The Bertz CT molecular complexity index is 452. The van der Waals surface area contributed by atoms with Crippen LogP contribution < -0.4 is 0 Å². The van der Waals surface area contributed by atoms with Crippen LogP contribution in [0.3, 0.4) is 0 Å². The molecule has 0 radical (unpaired) electrons. The van der Waals surface area contributed by atoms with Gasteiger partial charge in [-0.2, -0.15) is 0 Å². The number of Topliss-reactive ketones (excluding diaryl/α,β-unsaturated/α-hetero) is 1. The number of hydrogen-bond acceptors (Lipinski definition) is 2. The zero-order valence-corrected chi connectivity index (χ0v) is 13.2. The van der Waals surface area contributed by atoms with E-state index in [1.54, 1.807) is 0 Å². The average molecular weight is 261 g/mol. The standard InChI is InChI=1S/C17H27NO/c1-8-12-9-13(14(19)15(2,3)4)18-11-16(5,6)10-17(12,18)7/h8-9,12H,1,10-11H2,2-7H3. The van der Waals surface area contributed by atoms with Crippen LogP contribution in [0.4, 0.5) is 0 Å². The predicted molar refractivity (Wildman–Crippen MR) is 79.7 cm³/mol. The van der Waals surface area contributed by atoms with Crippen molar-refractivity contribution in [3.63, 3.8) is 0 Å². The van der Waals surface area contributed by atoms with E-state index in [0.717, 1.165) is 18.7 Å². The molecular formula is C17H27NO. The van der Waals surface area contributed by atoms with Gasteiger partial charge in [-0.3, -0.25) is 4.79 Å². The van der Waals surface area contributed by atoms with Crippen molar-refractivity contribution in [3.8, 4) is 0 Å². The van der Waals surface area contributed by atoms with Crippen LogP contribution in [-0.2, 0) is 4.79 Å². The summed E-state index contributed by atoms with van der Waals surface area (Å²) in [5.74, 6) is 0.524. The fraction of sp³-hybridized carbons (Fsp3) is 0.706. The summed E-state index contributed by atoms with van der Waals surface area (Å²) in [6.45, 7) is 17.8. The van der Waals surface area contributed by atoms with E-state index in [1.807, 2.05) is 26.8 Å². The Kier molecular flexibility index (Phi) is 3.00. The summed E-state index contributed by atoms with van der Waals surface area (Å²) in [6, 6.07) is 0. The van der Waals surface area contributed by atoms with Crippen LogP contribution in [0.25, 0.3) is 0 Å². The lowest BCUT2D eigenvalue weighted by Gasteiger charge is -2.36. The highest BCUT2D eigenvalue weighted by Gasteiger charge is 2.54. The van der Waals surface area contributed by atoms with Crippen LogP contribution in [0.15, 0.2) is 24.4 Å². The molecule has 0 aromatic rings. The second-order valence-electron chi connectivity index (χ2n) is 8.18. The Morgan fingerprint density at radius 2 is 2.00 bits per heavy atom. The van der Waals surface area contributed by atoms with Crippen molar-refractivity contribution in [1.82, 2.24) is 4.90 Å². The molecule has 2 atom stereocenters. The number of carbonyl (C=O) groups is 1. The Morgan fingerprint density at radius 1 is 1.42 bits per heavy atom. The second-order valence-corrected chi connectivity index (χ2v) is 8.18.